The van der Waals surface area contributed by atoms with Crippen molar-refractivity contribution in [3.05, 3.63) is 47.6 Å². The molecule has 8 nitrogen and oxygen atoms in total. The maximum atomic E-state index is 11.4. The first-order chi connectivity index (χ1) is 16.2. The van der Waals surface area contributed by atoms with Crippen molar-refractivity contribution in [1.82, 2.24) is 9.97 Å². The van der Waals surface area contributed by atoms with Crippen molar-refractivity contribution in [2.75, 3.05) is 26.4 Å². The summed E-state index contributed by atoms with van der Waals surface area (Å²) in [4.78, 5) is 22.8. The summed E-state index contributed by atoms with van der Waals surface area (Å²) < 4.78 is 23.7. The maximum absolute atomic E-state index is 11.4. The minimum Gasteiger partial charge on any atom is -0.485 e. The van der Waals surface area contributed by atoms with Crippen LogP contribution in [0.25, 0.3) is 31.6 Å². The van der Waals surface area contributed by atoms with E-state index in [0.29, 0.717) is 49.3 Å². The number of hydrogen-bond acceptors (Lipinski definition) is 9. The van der Waals surface area contributed by atoms with Crippen LogP contribution in [0.2, 0.25) is 0 Å². The number of fused-ring (bicyclic) bond motifs is 2. The Hall–Kier alpha value is -3.63. The van der Waals surface area contributed by atoms with Gasteiger partial charge in [-0.05, 0) is 29.8 Å². The van der Waals surface area contributed by atoms with Crippen molar-refractivity contribution in [2.45, 2.75) is 0 Å². The van der Waals surface area contributed by atoms with Gasteiger partial charge in [0.2, 0.25) is 0 Å². The van der Waals surface area contributed by atoms with Gasteiger partial charge in [-0.25, -0.2) is 4.79 Å². The van der Waals surface area contributed by atoms with Gasteiger partial charge < -0.3 is 24.1 Å². The van der Waals surface area contributed by atoms with Crippen molar-refractivity contribution < 1.29 is 28.8 Å². The van der Waals surface area contributed by atoms with E-state index >= 15 is 0 Å². The monoisotopic (exact) mass is 480 g/mol. The van der Waals surface area contributed by atoms with Gasteiger partial charge in [0, 0.05) is 17.8 Å². The van der Waals surface area contributed by atoms with Crippen LogP contribution in [-0.2, 0) is 0 Å². The lowest BCUT2D eigenvalue weighted by molar-refractivity contribution is 0.0697. The quantitative estimate of drug-likeness (QED) is 0.443. The molecule has 2 aliphatic heterocycles. The molecule has 166 valence electrons. The number of nitrogens with zero attached hydrogens (tertiary/aromatic N) is 2. The number of rotatable bonds is 4. The van der Waals surface area contributed by atoms with Crippen molar-refractivity contribution in [3.63, 3.8) is 0 Å². The number of carboxylic acid groups (broad SMARTS) is 1. The standard InChI is InChI=1S/C23H16N2O6S2/c26-23(27)13-2-4-25-15(10-13)14-9-12(1-3-24-14)20-18-19(31-8-7-30-18)22(33-20)21-17-16(11-32-21)28-5-6-29-17/h1-4,9-11H,5-8H2,(H,26,27). The van der Waals surface area contributed by atoms with E-state index in [1.54, 1.807) is 28.9 Å². The Labute approximate surface area is 196 Å². The molecule has 4 aromatic heterocycles. The summed E-state index contributed by atoms with van der Waals surface area (Å²) in [5.74, 6) is 1.86. The lowest BCUT2D eigenvalue weighted by Crippen LogP contribution is -2.15. The molecule has 0 unspecified atom stereocenters. The third-order valence-electron chi connectivity index (χ3n) is 5.20. The average molecular weight is 481 g/mol. The molecule has 0 bridgehead atoms. The van der Waals surface area contributed by atoms with E-state index in [1.807, 2.05) is 17.5 Å². The molecule has 0 fully saturated rings. The third kappa shape index (κ3) is 3.47. The molecule has 0 amide bonds. The van der Waals surface area contributed by atoms with Crippen molar-refractivity contribution in [2.24, 2.45) is 0 Å². The second-order valence-corrected chi connectivity index (χ2v) is 9.14. The van der Waals surface area contributed by atoms with Gasteiger partial charge in [-0.1, -0.05) is 0 Å². The van der Waals surface area contributed by atoms with Crippen LogP contribution in [0.3, 0.4) is 0 Å². The van der Waals surface area contributed by atoms with E-state index in [1.165, 1.54) is 18.3 Å². The number of ether oxygens (including phenoxy) is 4. The summed E-state index contributed by atoms with van der Waals surface area (Å²) in [5, 5.41) is 11.3. The molecular weight excluding hydrogens is 464 g/mol. The molecule has 0 atom stereocenters. The minimum atomic E-state index is -1.01. The van der Waals surface area contributed by atoms with Crippen LogP contribution in [0.4, 0.5) is 0 Å². The van der Waals surface area contributed by atoms with Crippen LogP contribution < -0.4 is 18.9 Å². The van der Waals surface area contributed by atoms with Gasteiger partial charge >= 0.3 is 5.97 Å². The molecule has 2 aliphatic rings. The van der Waals surface area contributed by atoms with Crippen molar-refractivity contribution in [3.8, 4) is 54.6 Å². The Morgan fingerprint density at radius 2 is 1.48 bits per heavy atom. The highest BCUT2D eigenvalue weighted by molar-refractivity contribution is 7.24. The molecule has 0 spiro atoms. The molecule has 1 N–H and O–H groups in total. The first kappa shape index (κ1) is 20.0. The van der Waals surface area contributed by atoms with E-state index in [2.05, 4.69) is 9.97 Å². The van der Waals surface area contributed by atoms with Crippen LogP contribution in [0.5, 0.6) is 23.0 Å². The van der Waals surface area contributed by atoms with Gasteiger partial charge in [0.25, 0.3) is 0 Å². The molecular formula is C23H16N2O6S2. The molecule has 4 aromatic rings. The topological polar surface area (TPSA) is 100 Å². The van der Waals surface area contributed by atoms with Gasteiger partial charge in [0.15, 0.2) is 23.0 Å². The van der Waals surface area contributed by atoms with Gasteiger partial charge in [-0.2, -0.15) is 0 Å². The Morgan fingerprint density at radius 1 is 0.818 bits per heavy atom. The lowest BCUT2D eigenvalue weighted by Gasteiger charge is -2.18. The summed E-state index contributed by atoms with van der Waals surface area (Å²) in [5.41, 5.74) is 2.09. The van der Waals surface area contributed by atoms with Gasteiger partial charge in [0.1, 0.15) is 26.4 Å². The highest BCUT2D eigenvalue weighted by Crippen LogP contribution is 2.58. The number of carboxylic acids is 1. The number of aromatic carboxylic acids is 1. The smallest absolute Gasteiger partial charge is 0.335 e. The summed E-state index contributed by atoms with van der Waals surface area (Å²) >= 11 is 3.10. The second kappa shape index (κ2) is 8.05. The second-order valence-electron chi connectivity index (χ2n) is 7.24. The third-order valence-corrected chi connectivity index (χ3v) is 7.50. The summed E-state index contributed by atoms with van der Waals surface area (Å²) in [7, 11) is 0. The zero-order valence-corrected chi connectivity index (χ0v) is 18.7. The van der Waals surface area contributed by atoms with Crippen molar-refractivity contribution >= 4 is 28.6 Å². The molecule has 0 aromatic carbocycles. The lowest BCUT2D eigenvalue weighted by atomic mass is 10.1. The predicted molar refractivity (Wildman–Crippen MR) is 123 cm³/mol. The SMILES string of the molecule is O=C(O)c1ccnc(-c2cc(-c3sc(-c4scc5c4OCCO5)c4c3OCCO4)ccn2)c1. The number of pyridine rings is 2. The van der Waals surface area contributed by atoms with E-state index in [9.17, 15) is 9.90 Å². The molecule has 10 heteroatoms. The molecule has 0 saturated carbocycles. The van der Waals surface area contributed by atoms with Gasteiger partial charge in [0.05, 0.1) is 31.6 Å². The fourth-order valence-electron chi connectivity index (χ4n) is 3.73. The molecule has 33 heavy (non-hydrogen) atoms. The van der Waals surface area contributed by atoms with Crippen LogP contribution in [-0.4, -0.2) is 47.5 Å². The first-order valence-electron chi connectivity index (χ1n) is 10.1. The number of aromatic nitrogens is 2. The largest absolute Gasteiger partial charge is 0.485 e. The Morgan fingerprint density at radius 3 is 2.27 bits per heavy atom. The fourth-order valence-corrected chi connectivity index (χ4v) is 5.98. The van der Waals surface area contributed by atoms with Gasteiger partial charge in [-0.15, -0.1) is 22.7 Å². The van der Waals surface area contributed by atoms with Crippen LogP contribution in [0.15, 0.2) is 42.0 Å². The van der Waals surface area contributed by atoms with Gasteiger partial charge in [-0.3, -0.25) is 9.97 Å². The summed E-state index contributed by atoms with van der Waals surface area (Å²) in [6, 6.07) is 6.74. The van der Waals surface area contributed by atoms with Crippen LogP contribution in [0, 0.1) is 0 Å². The molecule has 6 rings (SSSR count). The van der Waals surface area contributed by atoms with E-state index in [0.717, 1.165) is 31.7 Å². The zero-order chi connectivity index (χ0) is 22.4. The molecule has 0 saturated heterocycles. The van der Waals surface area contributed by atoms with Crippen LogP contribution in [0.1, 0.15) is 10.4 Å². The maximum Gasteiger partial charge on any atom is 0.335 e. The van der Waals surface area contributed by atoms with E-state index in [-0.39, 0.29) is 5.56 Å². The first-order valence-corrected chi connectivity index (χ1v) is 11.8. The minimum absolute atomic E-state index is 0.157. The van der Waals surface area contributed by atoms with Crippen LogP contribution >= 0.6 is 22.7 Å². The Bertz CT molecular complexity index is 1380. The molecule has 0 aliphatic carbocycles. The fraction of sp³-hybridized carbons (Fsp3) is 0.174. The normalized spacial score (nSPS) is 14.2. The average Bonchev–Trinajstić information content (AvgIpc) is 3.46. The zero-order valence-electron chi connectivity index (χ0n) is 17.1. The predicted octanol–water partition coefficient (Wildman–Crippen LogP) is 4.84. The molecule has 6 heterocycles. The number of hydrogen-bond donors (Lipinski definition) is 1. The Kier molecular flexibility index (Phi) is 4.88. The highest BCUT2D eigenvalue weighted by atomic mass is 32.1. The summed E-state index contributed by atoms with van der Waals surface area (Å²) in [6.07, 6.45) is 3.15. The number of thiophene rings is 2. The highest BCUT2D eigenvalue weighted by Gasteiger charge is 2.31. The van der Waals surface area contributed by atoms with E-state index < -0.39 is 5.97 Å². The number of carbonyl (C=O) groups is 1. The molecule has 0 radical (unpaired) electrons. The Balaban J connectivity index is 1.46. The van der Waals surface area contributed by atoms with Crippen molar-refractivity contribution in [1.29, 1.82) is 0 Å². The van der Waals surface area contributed by atoms with E-state index in [4.69, 9.17) is 18.9 Å². The summed E-state index contributed by atoms with van der Waals surface area (Å²) in [6.45, 7) is 1.96.